The number of rotatable bonds is 1. The Morgan fingerprint density at radius 3 is 2.64 bits per heavy atom. The van der Waals surface area contributed by atoms with E-state index in [2.05, 4.69) is 0 Å². The molecule has 0 heterocycles. The quantitative estimate of drug-likeness (QED) is 0.412. The van der Waals surface area contributed by atoms with E-state index in [9.17, 15) is 5.11 Å². The van der Waals surface area contributed by atoms with E-state index in [1.807, 2.05) is 0 Å². The molecule has 0 aromatic heterocycles. The molecule has 0 aliphatic rings. The second-order valence-corrected chi connectivity index (χ2v) is 2.41. The number of nitrogens with two attached hydrogens (primary N) is 1. The van der Waals surface area contributed by atoms with Crippen molar-refractivity contribution in [2.24, 2.45) is 5.73 Å². The molecule has 0 aliphatic heterocycles. The van der Waals surface area contributed by atoms with Crippen molar-refractivity contribution >= 4 is 5.84 Å². The van der Waals surface area contributed by atoms with Gasteiger partial charge in [-0.1, -0.05) is 12.1 Å². The first-order valence-electron chi connectivity index (χ1n) is 3.25. The number of aromatic hydroxyl groups is 1. The van der Waals surface area contributed by atoms with Gasteiger partial charge in [0.05, 0.1) is 0 Å². The van der Waals surface area contributed by atoms with Gasteiger partial charge in [0.15, 0.2) is 0 Å². The zero-order valence-corrected chi connectivity index (χ0v) is 6.26. The number of hydrogen-bond donors (Lipinski definition) is 3. The molecule has 0 spiro atoms. The Bertz CT molecular complexity index is 294. The van der Waals surface area contributed by atoms with Gasteiger partial charge < -0.3 is 10.8 Å². The fourth-order valence-electron chi connectivity index (χ4n) is 0.777. The Labute approximate surface area is 65.0 Å². The lowest BCUT2D eigenvalue weighted by atomic mass is 10.1. The molecule has 0 saturated heterocycles. The first-order chi connectivity index (χ1) is 5.11. The molecule has 1 aromatic rings. The van der Waals surface area contributed by atoms with Crippen LogP contribution >= 0.6 is 0 Å². The standard InChI is InChI=1S/C8H10N2O/c1-5-2-3-6(8(9)10)4-7(5)11/h2-4,11H,1H3,(H3,9,10). The molecular formula is C8H10N2O. The average Bonchev–Trinajstić information content (AvgIpc) is 1.94. The predicted octanol–water partition coefficient (Wildman–Crippen LogP) is 0.985. The fourth-order valence-corrected chi connectivity index (χ4v) is 0.777. The van der Waals surface area contributed by atoms with E-state index < -0.39 is 0 Å². The van der Waals surface area contributed by atoms with Gasteiger partial charge in [0.25, 0.3) is 0 Å². The third-order valence-corrected chi connectivity index (χ3v) is 1.52. The minimum absolute atomic E-state index is 0.0275. The summed E-state index contributed by atoms with van der Waals surface area (Å²) in [7, 11) is 0. The number of nitrogen functional groups attached to an aromatic ring is 1. The first kappa shape index (κ1) is 7.60. The summed E-state index contributed by atoms with van der Waals surface area (Å²) in [4.78, 5) is 0. The minimum Gasteiger partial charge on any atom is -0.508 e. The van der Waals surface area contributed by atoms with Crippen LogP contribution in [0.25, 0.3) is 0 Å². The Kier molecular flexibility index (Phi) is 1.81. The summed E-state index contributed by atoms with van der Waals surface area (Å²) < 4.78 is 0. The third-order valence-electron chi connectivity index (χ3n) is 1.52. The van der Waals surface area contributed by atoms with Crippen LogP contribution in [0.3, 0.4) is 0 Å². The molecule has 0 bridgehead atoms. The Morgan fingerprint density at radius 1 is 1.55 bits per heavy atom. The van der Waals surface area contributed by atoms with E-state index in [1.54, 1.807) is 19.1 Å². The van der Waals surface area contributed by atoms with Crippen molar-refractivity contribution in [3.05, 3.63) is 29.3 Å². The molecule has 3 heteroatoms. The van der Waals surface area contributed by atoms with Gasteiger partial charge in [-0.05, 0) is 18.6 Å². The maximum atomic E-state index is 9.20. The van der Waals surface area contributed by atoms with Crippen LogP contribution in [0.4, 0.5) is 0 Å². The van der Waals surface area contributed by atoms with E-state index in [0.717, 1.165) is 5.56 Å². The number of phenols is 1. The summed E-state index contributed by atoms with van der Waals surface area (Å²) in [5.41, 5.74) is 6.54. The second-order valence-electron chi connectivity index (χ2n) is 2.41. The molecule has 0 aliphatic carbocycles. The number of benzene rings is 1. The highest BCUT2D eigenvalue weighted by Crippen LogP contribution is 2.16. The van der Waals surface area contributed by atoms with Crippen LogP contribution in [0, 0.1) is 12.3 Å². The normalized spacial score (nSPS) is 9.55. The maximum Gasteiger partial charge on any atom is 0.122 e. The van der Waals surface area contributed by atoms with Gasteiger partial charge in [-0.15, -0.1) is 0 Å². The van der Waals surface area contributed by atoms with Gasteiger partial charge in [0, 0.05) is 5.56 Å². The zero-order valence-electron chi connectivity index (χ0n) is 6.26. The molecule has 1 rings (SSSR count). The molecule has 0 radical (unpaired) electrons. The van der Waals surface area contributed by atoms with Gasteiger partial charge >= 0.3 is 0 Å². The highest BCUT2D eigenvalue weighted by atomic mass is 16.3. The summed E-state index contributed by atoms with van der Waals surface area (Å²) in [6, 6.07) is 4.92. The van der Waals surface area contributed by atoms with E-state index in [1.165, 1.54) is 6.07 Å². The number of aryl methyl sites for hydroxylation is 1. The summed E-state index contributed by atoms with van der Waals surface area (Å²) in [6.45, 7) is 1.79. The summed E-state index contributed by atoms with van der Waals surface area (Å²) in [6.07, 6.45) is 0. The van der Waals surface area contributed by atoms with Crippen molar-refractivity contribution < 1.29 is 5.11 Å². The van der Waals surface area contributed by atoms with E-state index in [0.29, 0.717) is 5.56 Å². The summed E-state index contributed by atoms with van der Waals surface area (Å²) >= 11 is 0. The maximum absolute atomic E-state index is 9.20. The molecular weight excluding hydrogens is 140 g/mol. The highest BCUT2D eigenvalue weighted by Gasteiger charge is 1.99. The first-order valence-corrected chi connectivity index (χ1v) is 3.25. The Hall–Kier alpha value is -1.51. The molecule has 4 N–H and O–H groups in total. The van der Waals surface area contributed by atoms with Crippen molar-refractivity contribution in [2.75, 3.05) is 0 Å². The lowest BCUT2D eigenvalue weighted by Gasteiger charge is -2.00. The summed E-state index contributed by atoms with van der Waals surface area (Å²) in [5.74, 6) is 0.151. The van der Waals surface area contributed by atoms with Gasteiger partial charge in [-0.3, -0.25) is 5.41 Å². The molecule has 0 amide bonds. The molecule has 11 heavy (non-hydrogen) atoms. The van der Waals surface area contributed by atoms with Crippen LogP contribution in [0.2, 0.25) is 0 Å². The molecule has 0 fully saturated rings. The van der Waals surface area contributed by atoms with Crippen molar-refractivity contribution in [3.8, 4) is 5.75 Å². The number of hydrogen-bond acceptors (Lipinski definition) is 2. The average molecular weight is 150 g/mol. The van der Waals surface area contributed by atoms with E-state index >= 15 is 0 Å². The number of phenolic OH excluding ortho intramolecular Hbond substituents is 1. The van der Waals surface area contributed by atoms with E-state index in [-0.39, 0.29) is 11.6 Å². The Morgan fingerprint density at radius 2 is 2.18 bits per heavy atom. The van der Waals surface area contributed by atoms with Crippen LogP contribution in [-0.4, -0.2) is 10.9 Å². The second kappa shape index (κ2) is 2.62. The van der Waals surface area contributed by atoms with Crippen molar-refractivity contribution in [1.29, 1.82) is 5.41 Å². The third kappa shape index (κ3) is 1.49. The largest absolute Gasteiger partial charge is 0.508 e. The van der Waals surface area contributed by atoms with Gasteiger partial charge in [0.1, 0.15) is 11.6 Å². The topological polar surface area (TPSA) is 70.1 Å². The number of amidine groups is 1. The van der Waals surface area contributed by atoms with Crippen LogP contribution in [0.5, 0.6) is 5.75 Å². The van der Waals surface area contributed by atoms with Crippen LogP contribution in [-0.2, 0) is 0 Å². The van der Waals surface area contributed by atoms with Crippen molar-refractivity contribution in [1.82, 2.24) is 0 Å². The predicted molar refractivity (Wildman–Crippen MR) is 43.9 cm³/mol. The number of nitrogens with one attached hydrogen (secondary N) is 1. The molecule has 1 aromatic carbocycles. The Balaban J connectivity index is 3.15. The molecule has 3 nitrogen and oxygen atoms in total. The van der Waals surface area contributed by atoms with Gasteiger partial charge in [0.2, 0.25) is 0 Å². The molecule has 0 atom stereocenters. The van der Waals surface area contributed by atoms with Crippen LogP contribution < -0.4 is 5.73 Å². The fraction of sp³-hybridized carbons (Fsp3) is 0.125. The lowest BCUT2D eigenvalue weighted by molar-refractivity contribution is 0.471. The summed E-state index contributed by atoms with van der Waals surface area (Å²) in [5, 5.41) is 16.3. The molecule has 0 saturated carbocycles. The minimum atomic E-state index is -0.0275. The van der Waals surface area contributed by atoms with Crippen LogP contribution in [0.1, 0.15) is 11.1 Å². The van der Waals surface area contributed by atoms with E-state index in [4.69, 9.17) is 11.1 Å². The van der Waals surface area contributed by atoms with Crippen molar-refractivity contribution in [2.45, 2.75) is 6.92 Å². The highest BCUT2D eigenvalue weighted by molar-refractivity contribution is 5.95. The van der Waals surface area contributed by atoms with Gasteiger partial charge in [-0.2, -0.15) is 0 Å². The monoisotopic (exact) mass is 150 g/mol. The van der Waals surface area contributed by atoms with Crippen LogP contribution in [0.15, 0.2) is 18.2 Å². The molecule has 0 unspecified atom stereocenters. The smallest absolute Gasteiger partial charge is 0.122 e. The van der Waals surface area contributed by atoms with Gasteiger partial charge in [-0.25, -0.2) is 0 Å². The molecule has 58 valence electrons. The lowest BCUT2D eigenvalue weighted by Crippen LogP contribution is -2.10. The zero-order chi connectivity index (χ0) is 8.43. The van der Waals surface area contributed by atoms with Crippen molar-refractivity contribution in [3.63, 3.8) is 0 Å². The SMILES string of the molecule is Cc1ccc(C(=N)N)cc1O.